The molecule has 0 spiro atoms. The molecule has 6 heavy (non-hydrogen) atoms. The third kappa shape index (κ3) is 0.735. The van der Waals surface area contributed by atoms with E-state index in [0.29, 0.717) is 0 Å². The van der Waals surface area contributed by atoms with Crippen molar-refractivity contribution in [1.29, 1.82) is 0 Å². The molecular weight excluding hydrogens is 194 g/mol. The van der Waals surface area contributed by atoms with Gasteiger partial charge >= 0.3 is 44.9 Å². The van der Waals surface area contributed by atoms with Crippen LogP contribution in [0.5, 0.6) is 0 Å². The predicted molar refractivity (Wildman–Crippen MR) is 22.3 cm³/mol. The maximum atomic E-state index is 10.0. The second kappa shape index (κ2) is 1.63. The Balaban J connectivity index is 3.05. The summed E-state index contributed by atoms with van der Waals surface area (Å²) < 4.78 is 4.51. The molecular formula is C3H3NOTe. The first kappa shape index (κ1) is 4.17. The Morgan fingerprint density at radius 2 is 2.50 bits per heavy atom. The Morgan fingerprint density at radius 3 is 2.67 bits per heavy atom. The van der Waals surface area contributed by atoms with Crippen LogP contribution in [0.1, 0.15) is 0 Å². The average molecular weight is 197 g/mol. The molecule has 0 N–H and O–H groups in total. The summed E-state index contributed by atoms with van der Waals surface area (Å²) in [5, 5.41) is 10.0. The monoisotopic (exact) mass is 199 g/mol. The summed E-state index contributed by atoms with van der Waals surface area (Å²) >= 11 is -0.133. The summed E-state index contributed by atoms with van der Waals surface area (Å²) in [4.78, 5) is 0. The number of aromatic nitrogens is 1. The summed E-state index contributed by atoms with van der Waals surface area (Å²) in [6.07, 6.45) is 1.56. The summed E-state index contributed by atoms with van der Waals surface area (Å²) in [6, 6.07) is 0. The fourth-order valence-corrected chi connectivity index (χ4v) is 1.51. The zero-order chi connectivity index (χ0) is 4.41. The Hall–Kier alpha value is -0.000390. The second-order valence-electron chi connectivity index (χ2n) is 0.887. The van der Waals surface area contributed by atoms with Crippen molar-refractivity contribution in [2.45, 2.75) is 0 Å². The molecule has 0 fully saturated rings. The van der Waals surface area contributed by atoms with Crippen LogP contribution in [0.3, 0.4) is 0 Å². The molecule has 1 heterocycles. The van der Waals surface area contributed by atoms with E-state index in [9.17, 15) is 5.21 Å². The molecule has 1 aromatic rings. The van der Waals surface area contributed by atoms with Crippen LogP contribution in [-0.2, 0) is 0 Å². The first-order valence-corrected chi connectivity index (χ1v) is 4.19. The fourth-order valence-electron chi connectivity index (χ4n) is 0.225. The second-order valence-corrected chi connectivity index (χ2v) is 3.04. The molecule has 1 aromatic heterocycles. The van der Waals surface area contributed by atoms with E-state index in [0.717, 1.165) is 4.73 Å². The van der Waals surface area contributed by atoms with Gasteiger partial charge in [-0.05, 0) is 0 Å². The van der Waals surface area contributed by atoms with E-state index in [4.69, 9.17) is 0 Å². The predicted octanol–water partition coefficient (Wildman–Crippen LogP) is -0.623. The Labute approximate surface area is 45.2 Å². The molecule has 0 unspecified atom stereocenters. The van der Waals surface area contributed by atoms with E-state index in [-0.39, 0.29) is 20.4 Å². The fraction of sp³-hybridized carbons (Fsp3) is 0. The zero-order valence-electron chi connectivity index (χ0n) is 3.00. The summed E-state index contributed by atoms with van der Waals surface area (Å²) in [7, 11) is 0. The van der Waals surface area contributed by atoms with Crippen molar-refractivity contribution in [3.8, 4) is 0 Å². The van der Waals surface area contributed by atoms with Crippen molar-refractivity contribution >= 4 is 20.4 Å². The molecule has 2 nitrogen and oxygen atoms in total. The van der Waals surface area contributed by atoms with Crippen molar-refractivity contribution < 1.29 is 4.73 Å². The van der Waals surface area contributed by atoms with Gasteiger partial charge in [0, 0.05) is 0 Å². The standard InChI is InChI=1S/C3H3NOTe/c5-4-1-2-6-3-4/h1-3H. The van der Waals surface area contributed by atoms with Gasteiger partial charge in [0.15, 0.2) is 0 Å². The zero-order valence-corrected chi connectivity index (χ0v) is 5.33. The molecule has 0 aliphatic heterocycles. The number of hydrogen-bond donors (Lipinski definition) is 0. The summed E-state index contributed by atoms with van der Waals surface area (Å²) in [5.74, 6) is 0. The van der Waals surface area contributed by atoms with Gasteiger partial charge in [0.25, 0.3) is 0 Å². The van der Waals surface area contributed by atoms with Crippen molar-refractivity contribution in [1.82, 2.24) is 0 Å². The summed E-state index contributed by atoms with van der Waals surface area (Å²) in [5.41, 5.74) is 0. The van der Waals surface area contributed by atoms with E-state index in [1.807, 2.05) is 4.08 Å². The van der Waals surface area contributed by atoms with Crippen LogP contribution in [-0.4, -0.2) is 20.4 Å². The Kier molecular flexibility index (Phi) is 1.13. The van der Waals surface area contributed by atoms with Gasteiger partial charge in [-0.1, -0.05) is 0 Å². The van der Waals surface area contributed by atoms with Crippen LogP contribution >= 0.6 is 0 Å². The minimum absolute atomic E-state index is 0.133. The van der Waals surface area contributed by atoms with E-state index >= 15 is 0 Å². The first-order valence-electron chi connectivity index (χ1n) is 1.50. The van der Waals surface area contributed by atoms with Gasteiger partial charge in [-0.2, -0.15) is 0 Å². The molecule has 0 aliphatic carbocycles. The number of nitrogens with zero attached hydrogens (tertiary/aromatic N) is 1. The van der Waals surface area contributed by atoms with E-state index in [2.05, 4.69) is 0 Å². The topological polar surface area (TPSA) is 26.9 Å². The SMILES string of the molecule is [O-][n+]1cc[te]c1. The molecule has 1 rings (SSSR count). The number of hydrogen-bond acceptors (Lipinski definition) is 1. The summed E-state index contributed by atoms with van der Waals surface area (Å²) in [6.45, 7) is 0. The van der Waals surface area contributed by atoms with E-state index < -0.39 is 0 Å². The minimum atomic E-state index is -0.133. The third-order valence-electron chi connectivity index (χ3n) is 0.451. The van der Waals surface area contributed by atoms with Crippen LogP contribution in [0, 0.1) is 5.21 Å². The van der Waals surface area contributed by atoms with Crippen molar-refractivity contribution in [2.75, 3.05) is 0 Å². The molecule has 0 atom stereocenters. The maximum absolute atomic E-state index is 10.0. The van der Waals surface area contributed by atoms with E-state index in [1.54, 1.807) is 10.4 Å². The van der Waals surface area contributed by atoms with Crippen molar-refractivity contribution in [3.05, 3.63) is 19.7 Å². The van der Waals surface area contributed by atoms with Crippen LogP contribution in [0.4, 0.5) is 0 Å². The molecule has 0 amide bonds. The molecule has 0 radical (unpaired) electrons. The van der Waals surface area contributed by atoms with E-state index in [1.165, 1.54) is 0 Å². The average Bonchev–Trinajstić information content (AvgIpc) is 1.86. The Bertz CT molecular complexity index is 114. The Morgan fingerprint density at radius 1 is 1.67 bits per heavy atom. The molecule has 0 aromatic carbocycles. The molecule has 32 valence electrons. The quantitative estimate of drug-likeness (QED) is 0.309. The van der Waals surface area contributed by atoms with Gasteiger partial charge in [0.05, 0.1) is 0 Å². The first-order chi connectivity index (χ1) is 2.89. The van der Waals surface area contributed by atoms with Gasteiger partial charge in [0.1, 0.15) is 0 Å². The van der Waals surface area contributed by atoms with Gasteiger partial charge < -0.3 is 0 Å². The van der Waals surface area contributed by atoms with Crippen molar-refractivity contribution in [3.63, 3.8) is 0 Å². The molecule has 3 heteroatoms. The van der Waals surface area contributed by atoms with Crippen LogP contribution in [0.15, 0.2) is 14.5 Å². The van der Waals surface area contributed by atoms with Gasteiger partial charge in [-0.15, -0.1) is 0 Å². The van der Waals surface area contributed by atoms with Crippen LogP contribution in [0.2, 0.25) is 0 Å². The normalized spacial score (nSPS) is 8.67. The van der Waals surface area contributed by atoms with Gasteiger partial charge in [0.2, 0.25) is 0 Å². The molecule has 0 aliphatic rings. The molecule has 0 saturated carbocycles. The molecule has 0 bridgehead atoms. The number of rotatable bonds is 0. The third-order valence-corrected chi connectivity index (χ3v) is 2.19. The molecule has 0 saturated heterocycles. The van der Waals surface area contributed by atoms with Crippen LogP contribution in [0.25, 0.3) is 0 Å². The van der Waals surface area contributed by atoms with Gasteiger partial charge in [-0.25, -0.2) is 0 Å². The van der Waals surface area contributed by atoms with Crippen molar-refractivity contribution in [2.24, 2.45) is 0 Å². The van der Waals surface area contributed by atoms with Gasteiger partial charge in [-0.3, -0.25) is 0 Å². The van der Waals surface area contributed by atoms with Crippen LogP contribution < -0.4 is 4.73 Å².